The van der Waals surface area contributed by atoms with Gasteiger partial charge >= 0.3 is 6.03 Å². The number of carbonyl (C=O) groups excluding carboxylic acids is 1. The van der Waals surface area contributed by atoms with Crippen LogP contribution in [0.5, 0.6) is 0 Å². The van der Waals surface area contributed by atoms with Gasteiger partial charge in [0.25, 0.3) is 0 Å². The van der Waals surface area contributed by atoms with Gasteiger partial charge in [-0.05, 0) is 36.4 Å². The highest BCUT2D eigenvalue weighted by Gasteiger charge is 2.34. The van der Waals surface area contributed by atoms with Gasteiger partial charge in [0.15, 0.2) is 11.7 Å². The molecule has 3 aromatic rings. The topological polar surface area (TPSA) is 57.1 Å². The Kier molecular flexibility index (Phi) is 4.26. The summed E-state index contributed by atoms with van der Waals surface area (Å²) < 4.78 is 0. The summed E-state index contributed by atoms with van der Waals surface area (Å²) in [5.41, 5.74) is 2.23. The van der Waals surface area contributed by atoms with Crippen molar-refractivity contribution in [3.05, 3.63) is 91.0 Å². The third kappa shape index (κ3) is 3.23. The molecule has 1 heterocycles. The summed E-state index contributed by atoms with van der Waals surface area (Å²) in [5, 5.41) is 2.83. The summed E-state index contributed by atoms with van der Waals surface area (Å²) in [6.45, 7) is 0. The van der Waals surface area contributed by atoms with E-state index in [1.165, 1.54) is 4.90 Å². The lowest BCUT2D eigenvalue weighted by molar-refractivity contribution is 0.254. The fraction of sp³-hybridized carbons (Fsp3) is 0. The van der Waals surface area contributed by atoms with E-state index in [0.717, 1.165) is 17.1 Å². The van der Waals surface area contributed by atoms with Gasteiger partial charge in [0.1, 0.15) is 0 Å². The van der Waals surface area contributed by atoms with Gasteiger partial charge in [-0.3, -0.25) is 5.32 Å². The van der Waals surface area contributed by atoms with E-state index in [9.17, 15) is 4.79 Å². The monoisotopic (exact) mass is 340 g/mol. The van der Waals surface area contributed by atoms with Crippen LogP contribution in [0.15, 0.2) is 101 Å². The number of hydrogen-bond acceptors (Lipinski definition) is 3. The number of nitrogens with one attached hydrogen (secondary N) is 1. The van der Waals surface area contributed by atoms with E-state index in [1.54, 1.807) is 0 Å². The van der Waals surface area contributed by atoms with Gasteiger partial charge in [-0.25, -0.2) is 19.7 Å². The lowest BCUT2D eigenvalue weighted by atomic mass is 10.3. The molecule has 5 heteroatoms. The fourth-order valence-corrected chi connectivity index (χ4v) is 2.67. The van der Waals surface area contributed by atoms with Crippen LogP contribution in [0.4, 0.5) is 21.9 Å². The summed E-state index contributed by atoms with van der Waals surface area (Å²) in [6, 6.07) is 28.1. The third-order valence-corrected chi connectivity index (χ3v) is 3.85. The molecule has 3 aromatic carbocycles. The number of amides is 2. The molecule has 0 spiro atoms. The number of nitrogens with zero attached hydrogens (tertiary/aromatic N) is 3. The van der Waals surface area contributed by atoms with Crippen LogP contribution in [0.3, 0.4) is 0 Å². The van der Waals surface area contributed by atoms with Crippen molar-refractivity contribution < 1.29 is 4.79 Å². The molecule has 0 radical (unpaired) electrons. The molecule has 5 nitrogen and oxygen atoms in total. The van der Waals surface area contributed by atoms with Crippen LogP contribution in [0.2, 0.25) is 0 Å². The second-order valence-corrected chi connectivity index (χ2v) is 5.67. The largest absolute Gasteiger partial charge is 0.333 e. The standard InChI is InChI=1S/C21H16N4O/c26-21-24-19(22-16-10-4-1-5-11-16)20(23-17-12-6-2-7-13-17)25(21)18-14-8-3-9-15-18/h1-15H,(H,22,24,26). The molecule has 1 aliphatic heterocycles. The summed E-state index contributed by atoms with van der Waals surface area (Å²) in [7, 11) is 0. The Morgan fingerprint density at radius 2 is 1.15 bits per heavy atom. The SMILES string of the molecule is O=C1NC(=Nc2ccccc2)C(=Nc2ccccc2)N1c1ccccc1. The van der Waals surface area contributed by atoms with E-state index in [-0.39, 0.29) is 6.03 Å². The van der Waals surface area contributed by atoms with E-state index < -0.39 is 0 Å². The molecular weight excluding hydrogens is 324 g/mol. The molecule has 26 heavy (non-hydrogen) atoms. The fourth-order valence-electron chi connectivity index (χ4n) is 2.67. The van der Waals surface area contributed by atoms with Gasteiger partial charge in [0.2, 0.25) is 0 Å². The minimum atomic E-state index is -0.277. The molecular formula is C21H16N4O. The van der Waals surface area contributed by atoms with Crippen molar-refractivity contribution in [1.29, 1.82) is 0 Å². The van der Waals surface area contributed by atoms with E-state index in [2.05, 4.69) is 15.3 Å². The molecule has 0 bridgehead atoms. The summed E-state index contributed by atoms with van der Waals surface area (Å²) in [4.78, 5) is 23.4. The van der Waals surface area contributed by atoms with Gasteiger partial charge in [-0.1, -0.05) is 54.6 Å². The maximum absolute atomic E-state index is 12.6. The number of para-hydroxylation sites is 3. The Bertz CT molecular complexity index is 967. The lowest BCUT2D eigenvalue weighted by Gasteiger charge is -2.14. The van der Waals surface area contributed by atoms with Crippen LogP contribution in [0, 0.1) is 0 Å². The average Bonchev–Trinajstić information content (AvgIpc) is 2.99. The molecule has 2 amide bonds. The zero-order chi connectivity index (χ0) is 17.8. The highest BCUT2D eigenvalue weighted by Crippen LogP contribution is 2.22. The first-order valence-corrected chi connectivity index (χ1v) is 8.25. The van der Waals surface area contributed by atoms with Gasteiger partial charge in [0, 0.05) is 0 Å². The third-order valence-electron chi connectivity index (χ3n) is 3.85. The zero-order valence-corrected chi connectivity index (χ0v) is 13.9. The first-order chi connectivity index (χ1) is 12.8. The average molecular weight is 340 g/mol. The molecule has 1 aliphatic rings. The lowest BCUT2D eigenvalue weighted by Crippen LogP contribution is -2.30. The van der Waals surface area contributed by atoms with E-state index in [4.69, 9.17) is 0 Å². The molecule has 1 N–H and O–H groups in total. The number of benzene rings is 3. The Hall–Kier alpha value is -3.73. The van der Waals surface area contributed by atoms with Crippen LogP contribution < -0.4 is 10.2 Å². The second-order valence-electron chi connectivity index (χ2n) is 5.67. The Morgan fingerprint density at radius 3 is 1.73 bits per heavy atom. The maximum atomic E-state index is 12.6. The maximum Gasteiger partial charge on any atom is 0.333 e. The van der Waals surface area contributed by atoms with Crippen LogP contribution in [-0.2, 0) is 0 Å². The molecule has 0 atom stereocenters. The van der Waals surface area contributed by atoms with Gasteiger partial charge in [0.05, 0.1) is 17.1 Å². The smallest absolute Gasteiger partial charge is 0.288 e. The zero-order valence-electron chi connectivity index (χ0n) is 13.9. The van der Waals surface area contributed by atoms with Gasteiger partial charge < -0.3 is 0 Å². The quantitative estimate of drug-likeness (QED) is 0.739. The second kappa shape index (κ2) is 7.03. The highest BCUT2D eigenvalue weighted by atomic mass is 16.2. The van der Waals surface area contributed by atoms with Crippen LogP contribution in [0.25, 0.3) is 0 Å². The van der Waals surface area contributed by atoms with Crippen molar-refractivity contribution in [2.75, 3.05) is 4.90 Å². The molecule has 1 fully saturated rings. The normalized spacial score (nSPS) is 16.9. The molecule has 126 valence electrons. The van der Waals surface area contributed by atoms with Crippen molar-refractivity contribution in [1.82, 2.24) is 5.32 Å². The van der Waals surface area contributed by atoms with E-state index in [1.807, 2.05) is 91.0 Å². The van der Waals surface area contributed by atoms with Crippen LogP contribution in [-0.4, -0.2) is 17.7 Å². The van der Waals surface area contributed by atoms with Crippen LogP contribution in [0.1, 0.15) is 0 Å². The minimum absolute atomic E-state index is 0.277. The molecule has 0 unspecified atom stereocenters. The van der Waals surface area contributed by atoms with Crippen molar-refractivity contribution in [3.8, 4) is 0 Å². The number of carbonyl (C=O) groups is 1. The van der Waals surface area contributed by atoms with Crippen molar-refractivity contribution in [3.63, 3.8) is 0 Å². The van der Waals surface area contributed by atoms with E-state index in [0.29, 0.717) is 11.7 Å². The number of aliphatic imine (C=N–C) groups is 2. The molecule has 0 saturated carbocycles. The van der Waals surface area contributed by atoms with Crippen molar-refractivity contribution in [2.24, 2.45) is 9.98 Å². The molecule has 0 aromatic heterocycles. The number of hydrogen-bond donors (Lipinski definition) is 1. The van der Waals surface area contributed by atoms with Gasteiger partial charge in [-0.15, -0.1) is 0 Å². The predicted octanol–water partition coefficient (Wildman–Crippen LogP) is 4.68. The Balaban J connectivity index is 1.83. The summed E-state index contributed by atoms with van der Waals surface area (Å²) >= 11 is 0. The summed E-state index contributed by atoms with van der Waals surface area (Å²) in [6.07, 6.45) is 0. The molecule has 1 saturated heterocycles. The first kappa shape index (κ1) is 15.8. The number of amidine groups is 2. The highest BCUT2D eigenvalue weighted by molar-refractivity contribution is 6.57. The van der Waals surface area contributed by atoms with Crippen molar-refractivity contribution in [2.45, 2.75) is 0 Å². The van der Waals surface area contributed by atoms with Gasteiger partial charge in [-0.2, -0.15) is 0 Å². The minimum Gasteiger partial charge on any atom is -0.288 e. The van der Waals surface area contributed by atoms with Crippen LogP contribution >= 0.6 is 0 Å². The number of urea groups is 1. The molecule has 4 rings (SSSR count). The Labute approximate surface area is 151 Å². The number of rotatable bonds is 3. The first-order valence-electron chi connectivity index (χ1n) is 8.25. The summed E-state index contributed by atoms with van der Waals surface area (Å²) in [5.74, 6) is 0.894. The Morgan fingerprint density at radius 1 is 0.654 bits per heavy atom. The van der Waals surface area contributed by atoms with E-state index >= 15 is 0 Å². The molecule has 0 aliphatic carbocycles. The number of anilines is 1. The van der Waals surface area contributed by atoms with Crippen molar-refractivity contribution >= 4 is 34.8 Å². The predicted molar refractivity (Wildman–Crippen MR) is 105 cm³/mol.